The first-order chi connectivity index (χ1) is 28.4. The molecule has 0 saturated carbocycles. The van der Waals surface area contributed by atoms with Crippen LogP contribution in [0.25, 0.3) is 77.2 Å². The van der Waals surface area contributed by atoms with Crippen molar-refractivity contribution in [3.8, 4) is 44.5 Å². The minimum Gasteiger partial charge on any atom is -0.455 e. The molecule has 0 aliphatic carbocycles. The first kappa shape index (κ1) is 27.5. The van der Waals surface area contributed by atoms with Gasteiger partial charge in [-0.3, -0.25) is 0 Å². The molecule has 0 aliphatic heterocycles. The van der Waals surface area contributed by atoms with E-state index in [1.54, 1.807) is 0 Å². The third-order valence-electron chi connectivity index (χ3n) is 10.2. The van der Waals surface area contributed by atoms with Crippen molar-refractivity contribution >= 4 is 49.8 Å². The lowest BCUT2D eigenvalue weighted by atomic mass is 9.98. The van der Waals surface area contributed by atoms with E-state index >= 15 is 0 Å². The molecule has 1 heterocycles. The predicted molar refractivity (Wildman–Crippen MR) is 228 cm³/mol. The van der Waals surface area contributed by atoms with Gasteiger partial charge in [0.1, 0.15) is 11.2 Å². The monoisotopic (exact) mass is 693 g/mol. The van der Waals surface area contributed by atoms with Crippen LogP contribution in [-0.2, 0) is 0 Å². The van der Waals surface area contributed by atoms with Crippen molar-refractivity contribution in [2.75, 3.05) is 4.90 Å². The third-order valence-corrected chi connectivity index (χ3v) is 10.2. The number of hydrogen-bond donors (Lipinski definition) is 0. The zero-order chi connectivity index (χ0) is 39.3. The minimum absolute atomic E-state index is 0.109. The van der Waals surface area contributed by atoms with Crippen LogP contribution in [0.3, 0.4) is 0 Å². The van der Waals surface area contributed by atoms with E-state index in [4.69, 9.17) is 4.42 Å². The van der Waals surface area contributed by atoms with Gasteiger partial charge in [0.25, 0.3) is 0 Å². The molecule has 0 unspecified atom stereocenters. The lowest BCUT2D eigenvalue weighted by molar-refractivity contribution is 0.673. The minimum atomic E-state index is -0.135. The van der Waals surface area contributed by atoms with E-state index in [0.717, 1.165) is 66.1 Å². The Labute approximate surface area is 320 Å². The van der Waals surface area contributed by atoms with E-state index in [9.17, 15) is 5.48 Å². The second-order valence-electron chi connectivity index (χ2n) is 13.4. The predicted octanol–water partition coefficient (Wildman–Crippen LogP) is 14.9. The van der Waals surface area contributed by atoms with E-state index in [1.165, 1.54) is 0 Å². The number of para-hydroxylation sites is 1. The van der Waals surface area contributed by atoms with Crippen LogP contribution in [0.2, 0.25) is 0 Å². The van der Waals surface area contributed by atoms with Crippen LogP contribution in [-0.4, -0.2) is 0 Å². The van der Waals surface area contributed by atoms with Crippen molar-refractivity contribution < 1.29 is 9.90 Å². The number of fused-ring (bicyclic) bond motifs is 5. The maximum atomic E-state index is 9.57. The Hall–Kier alpha value is -7.16. The molecular formula is C52H35NO. The van der Waals surface area contributed by atoms with Crippen LogP contribution in [0.5, 0.6) is 0 Å². The largest absolute Gasteiger partial charge is 0.455 e. The highest BCUT2D eigenvalue weighted by Gasteiger charge is 2.19. The molecule has 2 nitrogen and oxygen atoms in total. The normalized spacial score (nSPS) is 12.4. The van der Waals surface area contributed by atoms with Gasteiger partial charge in [-0.1, -0.05) is 164 Å². The molecule has 9 aromatic carbocycles. The summed E-state index contributed by atoms with van der Waals surface area (Å²) in [6.45, 7) is 0. The van der Waals surface area contributed by atoms with Gasteiger partial charge in [-0.05, 0) is 92.8 Å². The Morgan fingerprint density at radius 1 is 0.370 bits per heavy atom. The first-order valence-corrected chi connectivity index (χ1v) is 18.1. The maximum absolute atomic E-state index is 9.57. The van der Waals surface area contributed by atoms with E-state index in [2.05, 4.69) is 54.6 Å². The molecule has 0 spiro atoms. The van der Waals surface area contributed by atoms with Gasteiger partial charge in [-0.15, -0.1) is 0 Å². The molecule has 0 atom stereocenters. The molecule has 1 aromatic heterocycles. The number of anilines is 3. The Kier molecular flexibility index (Phi) is 6.84. The number of benzene rings is 9. The highest BCUT2D eigenvalue weighted by molar-refractivity contribution is 6.15. The Balaban J connectivity index is 1.14. The van der Waals surface area contributed by atoms with Crippen molar-refractivity contribution in [3.63, 3.8) is 0 Å². The van der Waals surface area contributed by atoms with E-state index in [-0.39, 0.29) is 35.4 Å². The summed E-state index contributed by atoms with van der Waals surface area (Å²) in [5.41, 5.74) is 9.94. The lowest BCUT2D eigenvalue weighted by Crippen LogP contribution is -2.11. The molecule has 10 aromatic rings. The summed E-state index contributed by atoms with van der Waals surface area (Å²) >= 11 is 0. The number of rotatable bonds is 7. The molecule has 0 saturated heterocycles. The molecule has 0 bridgehead atoms. The molecule has 0 N–H and O–H groups in total. The van der Waals surface area contributed by atoms with Gasteiger partial charge in [-0.25, -0.2) is 0 Å². The van der Waals surface area contributed by atoms with E-state index in [1.807, 2.05) is 138 Å². The van der Waals surface area contributed by atoms with Crippen LogP contribution < -0.4 is 4.90 Å². The van der Waals surface area contributed by atoms with Gasteiger partial charge in [0.15, 0.2) is 0 Å². The van der Waals surface area contributed by atoms with Gasteiger partial charge in [0.05, 0.1) is 11.2 Å². The second-order valence-corrected chi connectivity index (χ2v) is 13.4. The van der Waals surface area contributed by atoms with Crippen LogP contribution in [0.15, 0.2) is 217 Å². The zero-order valence-electron chi connectivity index (χ0n) is 33.3. The summed E-state index contributed by atoms with van der Waals surface area (Å²) in [6, 6.07) is 62.0. The van der Waals surface area contributed by atoms with Gasteiger partial charge in [0.2, 0.25) is 0 Å². The average molecular weight is 694 g/mol. The van der Waals surface area contributed by atoms with Crippen molar-refractivity contribution in [2.45, 2.75) is 0 Å². The topological polar surface area (TPSA) is 16.4 Å². The lowest BCUT2D eigenvalue weighted by Gasteiger charge is -2.28. The van der Waals surface area contributed by atoms with Gasteiger partial charge in [-0.2, -0.15) is 0 Å². The Bertz CT molecular complexity index is 3110. The Morgan fingerprint density at radius 3 is 1.61 bits per heavy atom. The molecule has 0 aliphatic rings. The molecule has 0 amide bonds. The van der Waals surface area contributed by atoms with Crippen LogP contribution in [0, 0.1) is 0 Å². The molecule has 10 rings (SSSR count). The number of hydrogen-bond acceptors (Lipinski definition) is 2. The SMILES string of the molecule is [2H]c1c([2H])c(N(c2ccc(-c3ccccc3)cc2)c2ccccc2-c2ccc3c(c2)oc2c4ccccc4ccc32)c([2H])c([2H])c1-c1ccc(-c2ccccc2)cc1. The zero-order valence-corrected chi connectivity index (χ0v) is 29.3. The fourth-order valence-corrected chi connectivity index (χ4v) is 7.43. The summed E-state index contributed by atoms with van der Waals surface area (Å²) in [7, 11) is 0. The van der Waals surface area contributed by atoms with Crippen molar-refractivity contribution in [2.24, 2.45) is 0 Å². The van der Waals surface area contributed by atoms with Crippen LogP contribution >= 0.6 is 0 Å². The third kappa shape index (κ3) is 5.71. The van der Waals surface area contributed by atoms with Gasteiger partial charge < -0.3 is 9.32 Å². The van der Waals surface area contributed by atoms with Gasteiger partial charge in [0, 0.05) is 33.1 Å². The molecule has 54 heavy (non-hydrogen) atoms. The highest BCUT2D eigenvalue weighted by Crippen LogP contribution is 2.43. The fourth-order valence-electron chi connectivity index (χ4n) is 7.43. The fraction of sp³-hybridized carbons (Fsp3) is 0. The summed E-state index contributed by atoms with van der Waals surface area (Å²) in [5.74, 6) is 0. The molecule has 0 radical (unpaired) electrons. The van der Waals surface area contributed by atoms with Gasteiger partial charge >= 0.3 is 0 Å². The summed E-state index contributed by atoms with van der Waals surface area (Å²) in [5, 5.41) is 4.24. The van der Waals surface area contributed by atoms with Crippen LogP contribution in [0.1, 0.15) is 5.48 Å². The van der Waals surface area contributed by atoms with E-state index in [0.29, 0.717) is 16.9 Å². The first-order valence-electron chi connectivity index (χ1n) is 20.1. The molecule has 0 fully saturated rings. The van der Waals surface area contributed by atoms with Crippen molar-refractivity contribution in [3.05, 3.63) is 212 Å². The Morgan fingerprint density at radius 2 is 0.907 bits per heavy atom. The number of furan rings is 1. The molecular weight excluding hydrogens is 655 g/mol. The summed E-state index contributed by atoms with van der Waals surface area (Å²) < 4.78 is 44.5. The number of nitrogens with zero attached hydrogens (tertiary/aromatic N) is 1. The average Bonchev–Trinajstić information content (AvgIpc) is 3.67. The quantitative estimate of drug-likeness (QED) is 0.165. The maximum Gasteiger partial charge on any atom is 0.143 e. The van der Waals surface area contributed by atoms with Crippen molar-refractivity contribution in [1.29, 1.82) is 0 Å². The smallest absolute Gasteiger partial charge is 0.143 e. The summed E-state index contributed by atoms with van der Waals surface area (Å²) in [6.07, 6.45) is 0. The second kappa shape index (κ2) is 13.4. The standard InChI is InChI=1S/C52H35NO/c1-3-11-36(12-4-1)38-19-21-39(22-20-38)41-25-31-45(32-26-41)53(44-29-23-40(24-30-44)37-13-5-2-6-14-37)50-18-10-9-16-46(50)43-28-33-48-49-34-27-42-15-7-8-17-47(42)52(49)54-51(48)35-43/h1-35H/i25D,26D,31D,32D. The van der Waals surface area contributed by atoms with E-state index < -0.39 is 0 Å². The highest BCUT2D eigenvalue weighted by atomic mass is 16.3. The summed E-state index contributed by atoms with van der Waals surface area (Å²) in [4.78, 5) is 1.86. The van der Waals surface area contributed by atoms with Crippen molar-refractivity contribution in [1.82, 2.24) is 0 Å². The molecule has 2 heteroatoms. The molecule has 254 valence electrons. The van der Waals surface area contributed by atoms with Crippen LogP contribution in [0.4, 0.5) is 17.1 Å².